The summed E-state index contributed by atoms with van der Waals surface area (Å²) >= 11 is 6.19. The Morgan fingerprint density at radius 2 is 1.78 bits per heavy atom. The van der Waals surface area contributed by atoms with Crippen molar-refractivity contribution in [1.29, 1.82) is 0 Å². The van der Waals surface area contributed by atoms with E-state index in [1.807, 2.05) is 49.4 Å². The highest BCUT2D eigenvalue weighted by atomic mass is 35.5. The number of piperazine rings is 1. The van der Waals surface area contributed by atoms with Gasteiger partial charge in [-0.15, -0.1) is 0 Å². The van der Waals surface area contributed by atoms with Gasteiger partial charge in [-0.25, -0.2) is 0 Å². The fourth-order valence-corrected chi connectivity index (χ4v) is 6.16. The largest absolute Gasteiger partial charge is 0.356 e. The van der Waals surface area contributed by atoms with Crippen molar-refractivity contribution >= 4 is 34.3 Å². The highest BCUT2D eigenvalue weighted by Crippen LogP contribution is 2.48. The van der Waals surface area contributed by atoms with Crippen molar-refractivity contribution in [3.63, 3.8) is 0 Å². The van der Waals surface area contributed by atoms with Crippen LogP contribution < -0.4 is 0 Å². The first kappa shape index (κ1) is 22.9. The van der Waals surface area contributed by atoms with Crippen molar-refractivity contribution in [2.45, 2.75) is 38.3 Å². The number of nitrogens with zero attached hydrogens (tertiary/aromatic N) is 2. The van der Waals surface area contributed by atoms with Crippen LogP contribution in [0.15, 0.2) is 72.8 Å². The summed E-state index contributed by atoms with van der Waals surface area (Å²) in [5.74, 6) is -0.139. The maximum atomic E-state index is 14.2. The molecule has 0 saturated carbocycles. The third-order valence-electron chi connectivity index (χ3n) is 7.87. The van der Waals surface area contributed by atoms with Gasteiger partial charge in [0.05, 0.1) is 5.69 Å². The lowest BCUT2D eigenvalue weighted by atomic mass is 9.76. The molecule has 0 unspecified atom stereocenters. The molecule has 1 fully saturated rings. The Balaban J connectivity index is 1.49. The van der Waals surface area contributed by atoms with E-state index in [4.69, 9.17) is 11.6 Å². The van der Waals surface area contributed by atoms with Crippen LogP contribution in [0.2, 0.25) is 5.02 Å². The van der Waals surface area contributed by atoms with E-state index in [2.05, 4.69) is 42.2 Å². The van der Waals surface area contributed by atoms with Crippen molar-refractivity contribution in [2.75, 3.05) is 13.1 Å². The SMILES string of the molecule is CCc1ccc([C@H]2CN3C(=O)CN(Cc4cccc(Cl)c4)C(=O)[C@]3(C)c3[nH]c4ccccc4c32)cc1. The Hall–Kier alpha value is -3.57. The molecule has 5 nitrogen and oxygen atoms in total. The molecular weight excluding hydrogens is 470 g/mol. The summed E-state index contributed by atoms with van der Waals surface area (Å²) in [6.45, 7) is 4.89. The van der Waals surface area contributed by atoms with Crippen LogP contribution in [0.5, 0.6) is 0 Å². The maximum Gasteiger partial charge on any atom is 0.255 e. The number of aromatic amines is 1. The number of nitrogens with one attached hydrogen (secondary N) is 1. The van der Waals surface area contributed by atoms with E-state index in [0.717, 1.165) is 39.7 Å². The molecule has 36 heavy (non-hydrogen) atoms. The molecule has 4 aromatic rings. The van der Waals surface area contributed by atoms with Gasteiger partial charge in [0.15, 0.2) is 5.54 Å². The number of halogens is 1. The molecule has 6 rings (SSSR count). The lowest BCUT2D eigenvalue weighted by Crippen LogP contribution is -2.67. The van der Waals surface area contributed by atoms with Gasteiger partial charge in [-0.1, -0.05) is 73.1 Å². The van der Waals surface area contributed by atoms with Crippen molar-refractivity contribution in [3.8, 4) is 0 Å². The summed E-state index contributed by atoms with van der Waals surface area (Å²) in [6, 6.07) is 24.3. The maximum absolute atomic E-state index is 14.2. The van der Waals surface area contributed by atoms with Crippen LogP contribution in [0, 0.1) is 0 Å². The highest BCUT2D eigenvalue weighted by molar-refractivity contribution is 6.30. The molecule has 2 aliphatic rings. The number of rotatable bonds is 4. The van der Waals surface area contributed by atoms with Crippen LogP contribution in [0.4, 0.5) is 0 Å². The van der Waals surface area contributed by atoms with E-state index in [0.29, 0.717) is 18.1 Å². The summed E-state index contributed by atoms with van der Waals surface area (Å²) in [5.41, 5.74) is 5.13. The number of carbonyl (C=O) groups is 2. The second-order valence-corrected chi connectivity index (χ2v) is 10.4. The Morgan fingerprint density at radius 3 is 2.53 bits per heavy atom. The number of hydrogen-bond donors (Lipinski definition) is 1. The second-order valence-electron chi connectivity index (χ2n) is 9.97. The predicted octanol–water partition coefficient (Wildman–Crippen LogP) is 5.62. The minimum Gasteiger partial charge on any atom is -0.356 e. The lowest BCUT2D eigenvalue weighted by Gasteiger charge is -2.51. The Labute approximate surface area is 215 Å². The molecule has 0 aliphatic carbocycles. The van der Waals surface area contributed by atoms with Crippen molar-refractivity contribution in [1.82, 2.24) is 14.8 Å². The first-order valence-corrected chi connectivity index (χ1v) is 12.8. The third kappa shape index (κ3) is 3.45. The standard InChI is InChI=1S/C30H28ClN3O2/c1-3-19-11-13-21(14-12-19)24-17-34-26(35)18-33(16-20-7-6-8-22(31)15-20)29(36)30(34,2)28-27(24)23-9-4-5-10-25(23)32-28/h4-15,24,32H,3,16-18H2,1-2H3/t24-,30+/m1/s1. The smallest absolute Gasteiger partial charge is 0.255 e. The van der Waals surface area contributed by atoms with Crippen LogP contribution in [0.25, 0.3) is 10.9 Å². The van der Waals surface area contributed by atoms with Crippen LogP contribution in [-0.4, -0.2) is 39.7 Å². The zero-order chi connectivity index (χ0) is 25.0. The van der Waals surface area contributed by atoms with Crippen molar-refractivity contribution < 1.29 is 9.59 Å². The highest BCUT2D eigenvalue weighted by Gasteiger charge is 2.56. The number of benzene rings is 3. The van der Waals surface area contributed by atoms with Crippen LogP contribution >= 0.6 is 11.6 Å². The molecule has 1 saturated heterocycles. The van der Waals surface area contributed by atoms with Gasteiger partial charge in [-0.2, -0.15) is 0 Å². The normalized spacial score (nSPS) is 21.6. The van der Waals surface area contributed by atoms with E-state index in [-0.39, 0.29) is 24.3 Å². The molecule has 1 aromatic heterocycles. The Bertz CT molecular complexity index is 1490. The molecule has 182 valence electrons. The van der Waals surface area contributed by atoms with Crippen LogP contribution in [0.3, 0.4) is 0 Å². The van der Waals surface area contributed by atoms with Gasteiger partial charge in [0, 0.05) is 34.9 Å². The minimum atomic E-state index is -1.11. The van der Waals surface area contributed by atoms with Crippen molar-refractivity contribution in [3.05, 3.63) is 106 Å². The summed E-state index contributed by atoms with van der Waals surface area (Å²) in [5, 5.41) is 1.72. The number of aromatic nitrogens is 1. The minimum absolute atomic E-state index is 0.0219. The average Bonchev–Trinajstić information content (AvgIpc) is 3.28. The number of fused-ring (bicyclic) bond motifs is 5. The molecule has 2 atom stereocenters. The zero-order valence-electron chi connectivity index (χ0n) is 20.4. The fourth-order valence-electron chi connectivity index (χ4n) is 5.94. The number of amides is 2. The fraction of sp³-hybridized carbons (Fsp3) is 0.267. The Morgan fingerprint density at radius 1 is 1.00 bits per heavy atom. The number of aryl methyl sites for hydroxylation is 1. The molecule has 0 spiro atoms. The predicted molar refractivity (Wildman–Crippen MR) is 142 cm³/mol. The van der Waals surface area contributed by atoms with E-state index < -0.39 is 5.54 Å². The summed E-state index contributed by atoms with van der Waals surface area (Å²) in [7, 11) is 0. The van der Waals surface area contributed by atoms with E-state index in [9.17, 15) is 9.59 Å². The molecule has 3 heterocycles. The monoisotopic (exact) mass is 497 g/mol. The Kier molecular flexibility index (Phi) is 5.41. The topological polar surface area (TPSA) is 56.4 Å². The molecule has 2 amide bonds. The van der Waals surface area contributed by atoms with E-state index in [1.165, 1.54) is 5.56 Å². The molecule has 1 N–H and O–H groups in total. The summed E-state index contributed by atoms with van der Waals surface area (Å²) in [6.07, 6.45) is 0.975. The first-order valence-electron chi connectivity index (χ1n) is 12.4. The molecule has 0 bridgehead atoms. The van der Waals surface area contributed by atoms with Gasteiger partial charge < -0.3 is 14.8 Å². The van der Waals surface area contributed by atoms with Gasteiger partial charge in [0.1, 0.15) is 6.54 Å². The molecule has 6 heteroatoms. The molecule has 2 aliphatic heterocycles. The molecular formula is C30H28ClN3O2. The van der Waals surface area contributed by atoms with Gasteiger partial charge in [-0.05, 0) is 53.8 Å². The first-order chi connectivity index (χ1) is 17.4. The van der Waals surface area contributed by atoms with Crippen molar-refractivity contribution in [2.24, 2.45) is 0 Å². The van der Waals surface area contributed by atoms with Gasteiger partial charge in [0.2, 0.25) is 5.91 Å². The summed E-state index contributed by atoms with van der Waals surface area (Å²) in [4.78, 5) is 34.8. The average molecular weight is 498 g/mol. The molecule has 0 radical (unpaired) electrons. The van der Waals surface area contributed by atoms with E-state index in [1.54, 1.807) is 9.80 Å². The van der Waals surface area contributed by atoms with Gasteiger partial charge >= 0.3 is 0 Å². The summed E-state index contributed by atoms with van der Waals surface area (Å²) < 4.78 is 0. The third-order valence-corrected chi connectivity index (χ3v) is 8.11. The van der Waals surface area contributed by atoms with E-state index >= 15 is 0 Å². The number of carbonyl (C=O) groups excluding carboxylic acids is 2. The lowest BCUT2D eigenvalue weighted by molar-refractivity contribution is -0.166. The molecule has 3 aromatic carbocycles. The number of H-pyrrole nitrogens is 1. The number of para-hydroxylation sites is 1. The zero-order valence-corrected chi connectivity index (χ0v) is 21.2. The van der Waals surface area contributed by atoms with Gasteiger partial charge in [0.25, 0.3) is 5.91 Å². The van der Waals surface area contributed by atoms with Crippen LogP contribution in [-0.2, 0) is 28.1 Å². The van der Waals surface area contributed by atoms with Crippen LogP contribution in [0.1, 0.15) is 47.7 Å². The second kappa shape index (κ2) is 8.52. The van der Waals surface area contributed by atoms with Gasteiger partial charge in [-0.3, -0.25) is 9.59 Å². The number of hydrogen-bond acceptors (Lipinski definition) is 2. The quantitative estimate of drug-likeness (QED) is 0.398.